The van der Waals surface area contributed by atoms with Crippen molar-refractivity contribution in [1.29, 1.82) is 0 Å². The van der Waals surface area contributed by atoms with E-state index < -0.39 is 17.2 Å². The molecule has 0 saturated heterocycles. The summed E-state index contributed by atoms with van der Waals surface area (Å²) < 4.78 is 6.27. The van der Waals surface area contributed by atoms with Gasteiger partial charge < -0.3 is 9.72 Å². The molecule has 4 aromatic rings. The average molecular weight is 379 g/mol. The molecule has 0 unspecified atom stereocenters. The molecule has 1 N–H and O–H groups in total. The molecule has 27 heavy (non-hydrogen) atoms. The highest BCUT2D eigenvalue weighted by molar-refractivity contribution is 7.09. The zero-order chi connectivity index (χ0) is 18.8. The van der Waals surface area contributed by atoms with E-state index in [0.717, 1.165) is 4.57 Å². The Balaban J connectivity index is 1.70. The Morgan fingerprint density at radius 2 is 1.96 bits per heavy atom. The van der Waals surface area contributed by atoms with Gasteiger partial charge in [0.05, 0.1) is 22.2 Å². The van der Waals surface area contributed by atoms with Gasteiger partial charge in [-0.1, -0.05) is 18.2 Å². The summed E-state index contributed by atoms with van der Waals surface area (Å²) in [6.45, 7) is 0.0701. The summed E-state index contributed by atoms with van der Waals surface area (Å²) in [6, 6.07) is 13.1. The molecule has 134 valence electrons. The first-order valence-corrected chi connectivity index (χ1v) is 8.91. The second kappa shape index (κ2) is 7.00. The van der Waals surface area contributed by atoms with E-state index in [1.165, 1.54) is 29.5 Å². The zero-order valence-corrected chi connectivity index (χ0v) is 14.7. The summed E-state index contributed by atoms with van der Waals surface area (Å²) in [7, 11) is 0. The highest BCUT2D eigenvalue weighted by Gasteiger charge is 2.13. The fourth-order valence-corrected chi connectivity index (χ4v) is 3.22. The monoisotopic (exact) mass is 379 g/mol. The standard InChI is InChI=1S/C19H13N3O4S/c23-17-14-7-6-12(18(24)26-11-16-20-8-9-27-16)10-15(14)21-19(25)22(17)13-4-2-1-3-5-13/h1-10H,11H2,(H,21,25). The molecule has 4 rings (SSSR count). The minimum Gasteiger partial charge on any atom is -0.455 e. The van der Waals surface area contributed by atoms with E-state index in [-0.39, 0.29) is 17.7 Å². The number of ether oxygens (including phenoxy) is 1. The number of nitrogens with one attached hydrogen (secondary N) is 1. The number of para-hydroxylation sites is 1. The number of aromatic amines is 1. The van der Waals surface area contributed by atoms with E-state index in [1.54, 1.807) is 41.9 Å². The van der Waals surface area contributed by atoms with Gasteiger partial charge in [-0.05, 0) is 30.3 Å². The number of nitrogens with zero attached hydrogens (tertiary/aromatic N) is 2. The number of aromatic nitrogens is 3. The fraction of sp³-hybridized carbons (Fsp3) is 0.0526. The van der Waals surface area contributed by atoms with Crippen molar-refractivity contribution < 1.29 is 9.53 Å². The molecule has 8 heteroatoms. The zero-order valence-electron chi connectivity index (χ0n) is 13.9. The van der Waals surface area contributed by atoms with Crippen LogP contribution >= 0.6 is 11.3 Å². The first-order valence-electron chi connectivity index (χ1n) is 8.03. The molecular formula is C19H13N3O4S. The normalized spacial score (nSPS) is 10.8. The van der Waals surface area contributed by atoms with Crippen molar-refractivity contribution in [3.63, 3.8) is 0 Å². The molecule has 0 aliphatic carbocycles. The molecule has 2 aromatic heterocycles. The lowest BCUT2D eigenvalue weighted by Gasteiger charge is -2.08. The Bertz CT molecular complexity index is 1230. The third-order valence-electron chi connectivity index (χ3n) is 3.96. The van der Waals surface area contributed by atoms with Crippen molar-refractivity contribution in [2.75, 3.05) is 0 Å². The van der Waals surface area contributed by atoms with E-state index in [0.29, 0.717) is 16.1 Å². The minimum absolute atomic E-state index is 0.0701. The lowest BCUT2D eigenvalue weighted by molar-refractivity contribution is 0.0472. The third-order valence-corrected chi connectivity index (χ3v) is 4.71. The highest BCUT2D eigenvalue weighted by atomic mass is 32.1. The van der Waals surface area contributed by atoms with Gasteiger partial charge in [-0.2, -0.15) is 0 Å². The largest absolute Gasteiger partial charge is 0.455 e. The van der Waals surface area contributed by atoms with Crippen molar-refractivity contribution in [2.24, 2.45) is 0 Å². The number of benzene rings is 2. The maximum absolute atomic E-state index is 12.7. The van der Waals surface area contributed by atoms with Crippen LogP contribution < -0.4 is 11.2 Å². The van der Waals surface area contributed by atoms with Gasteiger partial charge >= 0.3 is 11.7 Å². The average Bonchev–Trinajstić information content (AvgIpc) is 3.20. The Hall–Kier alpha value is -3.52. The summed E-state index contributed by atoms with van der Waals surface area (Å²) in [5.41, 5.74) is -0.0420. The van der Waals surface area contributed by atoms with Gasteiger partial charge in [0.1, 0.15) is 11.6 Å². The number of fused-ring (bicyclic) bond motifs is 1. The number of hydrogen-bond donors (Lipinski definition) is 1. The van der Waals surface area contributed by atoms with Crippen LogP contribution in [0.4, 0.5) is 0 Å². The smallest absolute Gasteiger partial charge is 0.338 e. The summed E-state index contributed by atoms with van der Waals surface area (Å²) in [4.78, 5) is 44.0. The highest BCUT2D eigenvalue weighted by Crippen LogP contribution is 2.13. The Morgan fingerprint density at radius 1 is 1.15 bits per heavy atom. The van der Waals surface area contributed by atoms with Gasteiger partial charge in [0.25, 0.3) is 5.56 Å². The molecule has 0 bridgehead atoms. The lowest BCUT2D eigenvalue weighted by Crippen LogP contribution is -2.33. The van der Waals surface area contributed by atoms with Crippen LogP contribution in [0.15, 0.2) is 69.7 Å². The van der Waals surface area contributed by atoms with Crippen LogP contribution in [0.3, 0.4) is 0 Å². The summed E-state index contributed by atoms with van der Waals surface area (Å²) in [5.74, 6) is -0.555. The molecule has 0 fully saturated rings. The van der Waals surface area contributed by atoms with Crippen molar-refractivity contribution in [3.05, 3.63) is 91.5 Å². The maximum atomic E-state index is 12.7. The first kappa shape index (κ1) is 16.9. The Kier molecular flexibility index (Phi) is 4.39. The molecule has 0 aliphatic rings. The van der Waals surface area contributed by atoms with Gasteiger partial charge in [0.2, 0.25) is 0 Å². The van der Waals surface area contributed by atoms with Gasteiger partial charge in [-0.15, -0.1) is 11.3 Å². The van der Waals surface area contributed by atoms with Gasteiger partial charge in [-0.3, -0.25) is 4.79 Å². The van der Waals surface area contributed by atoms with Crippen LogP contribution in [-0.2, 0) is 11.3 Å². The fourth-order valence-electron chi connectivity index (χ4n) is 2.69. The lowest BCUT2D eigenvalue weighted by atomic mass is 10.1. The Labute approximate surface area is 156 Å². The molecule has 0 radical (unpaired) electrons. The summed E-state index contributed by atoms with van der Waals surface area (Å²) >= 11 is 1.39. The van der Waals surface area contributed by atoms with Gasteiger partial charge in [0.15, 0.2) is 0 Å². The molecule has 0 amide bonds. The van der Waals surface area contributed by atoms with Crippen LogP contribution in [0.1, 0.15) is 15.4 Å². The van der Waals surface area contributed by atoms with E-state index in [1.807, 2.05) is 0 Å². The maximum Gasteiger partial charge on any atom is 0.338 e. The molecular weight excluding hydrogens is 366 g/mol. The number of hydrogen-bond acceptors (Lipinski definition) is 6. The molecule has 0 saturated carbocycles. The number of carbonyl (C=O) groups is 1. The third kappa shape index (κ3) is 3.30. The van der Waals surface area contributed by atoms with Gasteiger partial charge in [-0.25, -0.2) is 19.1 Å². The summed E-state index contributed by atoms with van der Waals surface area (Å²) in [5, 5.41) is 2.78. The molecule has 0 atom stereocenters. The summed E-state index contributed by atoms with van der Waals surface area (Å²) in [6.07, 6.45) is 1.63. The predicted molar refractivity (Wildman–Crippen MR) is 101 cm³/mol. The van der Waals surface area contributed by atoms with Crippen molar-refractivity contribution >= 4 is 28.2 Å². The molecule has 0 aliphatic heterocycles. The van der Waals surface area contributed by atoms with E-state index in [9.17, 15) is 14.4 Å². The topological polar surface area (TPSA) is 94.0 Å². The molecule has 2 aromatic carbocycles. The number of thiazole rings is 1. The number of esters is 1. The van der Waals surface area contributed by atoms with Gasteiger partial charge in [0, 0.05) is 11.6 Å². The van der Waals surface area contributed by atoms with Crippen LogP contribution in [0.25, 0.3) is 16.6 Å². The van der Waals surface area contributed by atoms with Crippen molar-refractivity contribution in [1.82, 2.24) is 14.5 Å². The number of H-pyrrole nitrogens is 1. The SMILES string of the molecule is O=C(OCc1nccs1)c1ccc2c(=O)n(-c3ccccc3)c(=O)[nH]c2c1. The van der Waals surface area contributed by atoms with Crippen LogP contribution in [-0.4, -0.2) is 20.5 Å². The molecule has 7 nitrogen and oxygen atoms in total. The van der Waals surface area contributed by atoms with Crippen molar-refractivity contribution in [3.8, 4) is 5.69 Å². The number of carbonyl (C=O) groups excluding carboxylic acids is 1. The minimum atomic E-state index is -0.577. The van der Waals surface area contributed by atoms with E-state index >= 15 is 0 Å². The van der Waals surface area contributed by atoms with E-state index in [4.69, 9.17) is 4.74 Å². The van der Waals surface area contributed by atoms with Crippen molar-refractivity contribution in [2.45, 2.75) is 6.61 Å². The number of rotatable bonds is 4. The second-order valence-electron chi connectivity index (χ2n) is 5.67. The van der Waals surface area contributed by atoms with E-state index in [2.05, 4.69) is 9.97 Å². The molecule has 2 heterocycles. The second-order valence-corrected chi connectivity index (χ2v) is 6.65. The Morgan fingerprint density at radius 3 is 2.70 bits per heavy atom. The first-order chi connectivity index (χ1) is 13.1. The quantitative estimate of drug-likeness (QED) is 0.550. The van der Waals surface area contributed by atoms with Crippen LogP contribution in [0.2, 0.25) is 0 Å². The predicted octanol–water partition coefficient (Wildman–Crippen LogP) is 2.49. The molecule has 0 spiro atoms. The van der Waals surface area contributed by atoms with Crippen LogP contribution in [0.5, 0.6) is 0 Å². The van der Waals surface area contributed by atoms with Crippen LogP contribution in [0, 0.1) is 0 Å².